The molecule has 2 aromatic carbocycles. The molecular weight excluding hydrogens is 286 g/mol. The Morgan fingerprint density at radius 1 is 1.10 bits per heavy atom. The van der Waals surface area contributed by atoms with E-state index >= 15 is 0 Å². The van der Waals surface area contributed by atoms with Crippen LogP contribution < -0.4 is 10.1 Å². The predicted octanol–water partition coefficient (Wildman–Crippen LogP) is 2.75. The van der Waals surface area contributed by atoms with Crippen molar-refractivity contribution in [1.82, 2.24) is 0 Å². The summed E-state index contributed by atoms with van der Waals surface area (Å²) in [4.78, 5) is 12.5. The molecule has 21 heavy (non-hydrogen) atoms. The highest BCUT2D eigenvalue weighted by Gasteiger charge is 2.10. The minimum atomic E-state index is -1.34. The quantitative estimate of drug-likeness (QED) is 0.924. The number of ether oxygens (including phenoxy) is 1. The summed E-state index contributed by atoms with van der Waals surface area (Å²) < 4.78 is 17.1. The number of benzene rings is 2. The van der Waals surface area contributed by atoms with Crippen molar-refractivity contribution in [2.75, 3.05) is 18.2 Å². The van der Waals surface area contributed by atoms with Gasteiger partial charge >= 0.3 is 0 Å². The first-order valence-corrected chi connectivity index (χ1v) is 7.79. The summed E-state index contributed by atoms with van der Waals surface area (Å²) in [6, 6.07) is 14.3. The van der Waals surface area contributed by atoms with Crippen molar-refractivity contribution in [3.63, 3.8) is 0 Å². The van der Waals surface area contributed by atoms with E-state index in [0.29, 0.717) is 10.6 Å². The lowest BCUT2D eigenvalue weighted by atomic mass is 10.2. The molecule has 0 aliphatic carbocycles. The smallest absolute Gasteiger partial charge is 0.237 e. The van der Waals surface area contributed by atoms with Crippen LogP contribution in [-0.2, 0) is 15.6 Å². The van der Waals surface area contributed by atoms with Crippen molar-refractivity contribution < 1.29 is 13.7 Å². The maximum absolute atomic E-state index is 12.1. The van der Waals surface area contributed by atoms with Crippen molar-refractivity contribution >= 4 is 22.4 Å². The van der Waals surface area contributed by atoms with E-state index < -0.39 is 10.8 Å². The Bertz CT molecular complexity index is 636. The first-order chi connectivity index (χ1) is 10.1. The van der Waals surface area contributed by atoms with E-state index in [9.17, 15) is 9.00 Å². The Labute approximate surface area is 126 Å². The third-order valence-electron chi connectivity index (χ3n) is 2.92. The molecule has 5 heteroatoms. The van der Waals surface area contributed by atoms with Gasteiger partial charge in [-0.3, -0.25) is 9.00 Å². The molecule has 0 aliphatic rings. The number of nitrogens with one attached hydrogen (secondary N) is 1. The monoisotopic (exact) mass is 303 g/mol. The third kappa shape index (κ3) is 4.43. The number of methoxy groups -OCH3 is 1. The topological polar surface area (TPSA) is 55.4 Å². The highest BCUT2D eigenvalue weighted by Crippen LogP contribution is 2.15. The molecule has 1 N–H and O–H groups in total. The zero-order valence-electron chi connectivity index (χ0n) is 12.0. The average Bonchev–Trinajstić information content (AvgIpc) is 2.48. The lowest BCUT2D eigenvalue weighted by molar-refractivity contribution is -0.113. The van der Waals surface area contributed by atoms with Gasteiger partial charge in [0.05, 0.1) is 17.9 Å². The van der Waals surface area contributed by atoms with Gasteiger partial charge in [-0.25, -0.2) is 0 Å². The fourth-order valence-electron chi connectivity index (χ4n) is 1.76. The van der Waals surface area contributed by atoms with Gasteiger partial charge in [-0.1, -0.05) is 17.7 Å². The standard InChI is InChI=1S/C16H17NO3S/c1-12-3-9-15(10-4-12)21(19)11-16(18)17-13-5-7-14(20-2)8-6-13/h3-10H,11H2,1-2H3,(H,17,18). The molecule has 0 heterocycles. The summed E-state index contributed by atoms with van der Waals surface area (Å²) in [5, 5.41) is 2.72. The summed E-state index contributed by atoms with van der Waals surface area (Å²) in [6.45, 7) is 1.96. The largest absolute Gasteiger partial charge is 0.497 e. The molecule has 4 nitrogen and oxygen atoms in total. The van der Waals surface area contributed by atoms with Crippen molar-refractivity contribution in [2.45, 2.75) is 11.8 Å². The van der Waals surface area contributed by atoms with Crippen LogP contribution in [0.2, 0.25) is 0 Å². The van der Waals surface area contributed by atoms with Crippen LogP contribution >= 0.6 is 0 Å². The van der Waals surface area contributed by atoms with Crippen molar-refractivity contribution in [3.05, 3.63) is 54.1 Å². The molecule has 0 aromatic heterocycles. The van der Waals surface area contributed by atoms with Crippen LogP contribution in [-0.4, -0.2) is 23.0 Å². The van der Waals surface area contributed by atoms with Crippen molar-refractivity contribution in [1.29, 1.82) is 0 Å². The molecule has 2 aromatic rings. The van der Waals surface area contributed by atoms with E-state index in [4.69, 9.17) is 4.74 Å². The average molecular weight is 303 g/mol. The van der Waals surface area contributed by atoms with Crippen molar-refractivity contribution in [3.8, 4) is 5.75 Å². The SMILES string of the molecule is COc1ccc(NC(=O)CS(=O)c2ccc(C)cc2)cc1. The Balaban J connectivity index is 1.94. The number of carbonyl (C=O) groups is 1. The minimum Gasteiger partial charge on any atom is -0.497 e. The van der Waals surface area contributed by atoms with Gasteiger partial charge in [-0.2, -0.15) is 0 Å². The van der Waals surface area contributed by atoms with Crippen LogP contribution in [0.5, 0.6) is 5.75 Å². The van der Waals surface area contributed by atoms with E-state index in [1.807, 2.05) is 19.1 Å². The first kappa shape index (κ1) is 15.3. The minimum absolute atomic E-state index is 0.0604. The van der Waals surface area contributed by atoms with E-state index in [1.165, 1.54) is 0 Å². The van der Waals surface area contributed by atoms with Crippen molar-refractivity contribution in [2.24, 2.45) is 0 Å². The second-order valence-electron chi connectivity index (χ2n) is 4.58. The fourth-order valence-corrected chi connectivity index (χ4v) is 2.68. The fraction of sp³-hybridized carbons (Fsp3) is 0.188. The highest BCUT2D eigenvalue weighted by atomic mass is 32.2. The number of aryl methyl sites for hydroxylation is 1. The molecule has 1 unspecified atom stereocenters. The summed E-state index contributed by atoms with van der Waals surface area (Å²) in [7, 11) is 0.244. The third-order valence-corrected chi connectivity index (χ3v) is 4.24. The highest BCUT2D eigenvalue weighted by molar-refractivity contribution is 7.85. The van der Waals surface area contributed by atoms with Crippen LogP contribution in [0.25, 0.3) is 0 Å². The molecule has 110 valence electrons. The number of amides is 1. The maximum Gasteiger partial charge on any atom is 0.237 e. The molecule has 2 rings (SSSR count). The molecule has 1 amide bonds. The van der Waals surface area contributed by atoms with E-state index in [1.54, 1.807) is 43.5 Å². The Morgan fingerprint density at radius 2 is 1.71 bits per heavy atom. The second-order valence-corrected chi connectivity index (χ2v) is 6.03. The zero-order chi connectivity index (χ0) is 15.2. The maximum atomic E-state index is 12.1. The van der Waals surface area contributed by atoms with Crippen LogP contribution in [0.15, 0.2) is 53.4 Å². The molecule has 1 atom stereocenters. The van der Waals surface area contributed by atoms with E-state index in [2.05, 4.69) is 5.32 Å². The van der Waals surface area contributed by atoms with Gasteiger partial charge < -0.3 is 10.1 Å². The predicted molar refractivity (Wildman–Crippen MR) is 84.1 cm³/mol. The molecule has 0 fully saturated rings. The molecule has 0 spiro atoms. The molecule has 0 radical (unpaired) electrons. The number of hydrogen-bond acceptors (Lipinski definition) is 3. The molecule has 0 aliphatic heterocycles. The Kier molecular flexibility index (Phi) is 5.11. The molecule has 0 saturated carbocycles. The summed E-state index contributed by atoms with van der Waals surface area (Å²) in [5.41, 5.74) is 1.75. The number of hydrogen-bond donors (Lipinski definition) is 1. The summed E-state index contributed by atoms with van der Waals surface area (Å²) >= 11 is 0. The van der Waals surface area contributed by atoms with Crippen LogP contribution in [0.1, 0.15) is 5.56 Å². The van der Waals surface area contributed by atoms with Crippen LogP contribution in [0, 0.1) is 6.92 Å². The van der Waals surface area contributed by atoms with E-state index in [-0.39, 0.29) is 11.7 Å². The van der Waals surface area contributed by atoms with Gasteiger partial charge in [-0.15, -0.1) is 0 Å². The number of anilines is 1. The zero-order valence-corrected chi connectivity index (χ0v) is 12.8. The van der Waals surface area contributed by atoms with Gasteiger partial charge in [0.2, 0.25) is 5.91 Å². The Hall–Kier alpha value is -2.14. The van der Waals surface area contributed by atoms with Gasteiger partial charge in [0.15, 0.2) is 0 Å². The van der Waals surface area contributed by atoms with Gasteiger partial charge in [0, 0.05) is 10.6 Å². The lowest BCUT2D eigenvalue weighted by Crippen LogP contribution is -2.19. The Morgan fingerprint density at radius 3 is 2.29 bits per heavy atom. The van der Waals surface area contributed by atoms with Gasteiger partial charge in [0.25, 0.3) is 0 Å². The molecular formula is C16H17NO3S. The second kappa shape index (κ2) is 7.04. The number of carbonyl (C=O) groups excluding carboxylic acids is 1. The normalized spacial score (nSPS) is 11.7. The van der Waals surface area contributed by atoms with Crippen LogP contribution in [0.3, 0.4) is 0 Å². The summed E-state index contributed by atoms with van der Waals surface area (Å²) in [6.07, 6.45) is 0. The molecule has 0 bridgehead atoms. The number of rotatable bonds is 5. The van der Waals surface area contributed by atoms with E-state index in [0.717, 1.165) is 11.3 Å². The molecule has 0 saturated heterocycles. The van der Waals surface area contributed by atoms with Gasteiger partial charge in [0.1, 0.15) is 11.5 Å². The van der Waals surface area contributed by atoms with Crippen LogP contribution in [0.4, 0.5) is 5.69 Å². The summed E-state index contributed by atoms with van der Waals surface area (Å²) in [5.74, 6) is 0.380. The first-order valence-electron chi connectivity index (χ1n) is 6.47. The van der Waals surface area contributed by atoms with Gasteiger partial charge in [-0.05, 0) is 43.3 Å². The lowest BCUT2D eigenvalue weighted by Gasteiger charge is -2.06.